The zero-order valence-corrected chi connectivity index (χ0v) is 24.0. The molecule has 3 amide bonds. The van der Waals surface area contributed by atoms with E-state index in [1.54, 1.807) is 39.9 Å². The van der Waals surface area contributed by atoms with Crippen LogP contribution in [-0.2, 0) is 18.5 Å². The minimum absolute atomic E-state index is 0.0851. The third-order valence-electron chi connectivity index (χ3n) is 6.61. The van der Waals surface area contributed by atoms with Gasteiger partial charge in [0.2, 0.25) is 0 Å². The lowest BCUT2D eigenvalue weighted by molar-refractivity contribution is 0.0628. The average Bonchev–Trinajstić information content (AvgIpc) is 3.29. The molecule has 1 aromatic heterocycles. The molecule has 2 aromatic carbocycles. The van der Waals surface area contributed by atoms with Crippen molar-refractivity contribution in [1.82, 2.24) is 19.6 Å². The van der Waals surface area contributed by atoms with E-state index in [2.05, 4.69) is 20.6 Å². The molecule has 1 aliphatic heterocycles. The van der Waals surface area contributed by atoms with Crippen molar-refractivity contribution < 1.29 is 14.0 Å². The molecular weight excluding hydrogens is 542 g/mol. The molecule has 1 fully saturated rings. The highest BCUT2D eigenvalue weighted by Crippen LogP contribution is 2.27. The highest BCUT2D eigenvalue weighted by molar-refractivity contribution is 6.39. The van der Waals surface area contributed by atoms with Gasteiger partial charge < -0.3 is 10.2 Å². The Hall–Kier alpha value is -3.14. The lowest BCUT2D eigenvalue weighted by atomic mass is 9.92. The lowest BCUT2D eigenvalue weighted by Gasteiger charge is -2.35. The van der Waals surface area contributed by atoms with E-state index in [1.807, 2.05) is 33.8 Å². The van der Waals surface area contributed by atoms with E-state index < -0.39 is 11.8 Å². The molecule has 208 valence electrons. The average molecular weight is 576 g/mol. The molecule has 0 unspecified atom stereocenters. The zero-order chi connectivity index (χ0) is 28.3. The van der Waals surface area contributed by atoms with Crippen molar-refractivity contribution in [2.24, 2.45) is 0 Å². The summed E-state index contributed by atoms with van der Waals surface area (Å²) in [5.74, 6) is -0.169. The largest absolute Gasteiger partial charge is 0.336 e. The summed E-state index contributed by atoms with van der Waals surface area (Å²) >= 11 is 12.4. The Balaban J connectivity index is 1.32. The number of piperazine rings is 1. The summed E-state index contributed by atoms with van der Waals surface area (Å²) in [7, 11) is 0. The summed E-state index contributed by atoms with van der Waals surface area (Å²) in [5, 5.41) is 10.6. The molecule has 1 aliphatic rings. The Bertz CT molecular complexity index is 1340. The van der Waals surface area contributed by atoms with Gasteiger partial charge in [-0.05, 0) is 36.8 Å². The summed E-state index contributed by atoms with van der Waals surface area (Å²) in [6, 6.07) is 11.1. The van der Waals surface area contributed by atoms with Crippen LogP contribution >= 0.6 is 23.2 Å². The Kier molecular flexibility index (Phi) is 8.83. The second-order valence-corrected chi connectivity index (χ2v) is 11.4. The van der Waals surface area contributed by atoms with Crippen LogP contribution in [0.1, 0.15) is 49.3 Å². The molecule has 1 saturated heterocycles. The molecule has 0 spiro atoms. The highest BCUT2D eigenvalue weighted by atomic mass is 35.5. The molecule has 0 radical (unpaired) electrons. The van der Waals surface area contributed by atoms with Gasteiger partial charge in [0.1, 0.15) is 11.6 Å². The van der Waals surface area contributed by atoms with Gasteiger partial charge in [0, 0.05) is 50.7 Å². The number of nitrogens with zero attached hydrogens (tertiary/aromatic N) is 4. The predicted molar refractivity (Wildman–Crippen MR) is 153 cm³/mol. The monoisotopic (exact) mass is 574 g/mol. The summed E-state index contributed by atoms with van der Waals surface area (Å²) in [6.45, 7) is 11.5. The van der Waals surface area contributed by atoms with E-state index in [4.69, 9.17) is 23.2 Å². The maximum atomic E-state index is 14.9. The Morgan fingerprint density at radius 2 is 1.67 bits per heavy atom. The zero-order valence-electron chi connectivity index (χ0n) is 22.5. The molecule has 3 aromatic rings. The van der Waals surface area contributed by atoms with Crippen LogP contribution < -0.4 is 10.6 Å². The molecular formula is C28H33Cl2FN6O2. The van der Waals surface area contributed by atoms with Crippen LogP contribution in [0.3, 0.4) is 0 Å². The molecule has 0 bridgehead atoms. The smallest absolute Gasteiger partial charge is 0.324 e. The number of aromatic nitrogens is 2. The number of carbonyl (C=O) groups is 2. The fourth-order valence-electron chi connectivity index (χ4n) is 4.38. The van der Waals surface area contributed by atoms with Gasteiger partial charge in [0.15, 0.2) is 0 Å². The number of anilines is 2. The molecule has 0 atom stereocenters. The van der Waals surface area contributed by atoms with E-state index in [0.29, 0.717) is 60.7 Å². The van der Waals surface area contributed by atoms with Gasteiger partial charge in [-0.3, -0.25) is 15.0 Å². The van der Waals surface area contributed by atoms with Crippen LogP contribution in [0, 0.1) is 5.82 Å². The van der Waals surface area contributed by atoms with Crippen molar-refractivity contribution >= 4 is 46.6 Å². The molecule has 2 N–H and O–H groups in total. The number of halogens is 3. The summed E-state index contributed by atoms with van der Waals surface area (Å²) in [6.07, 6.45) is 0. The van der Waals surface area contributed by atoms with Gasteiger partial charge in [0.25, 0.3) is 5.91 Å². The third kappa shape index (κ3) is 6.90. The van der Waals surface area contributed by atoms with Gasteiger partial charge in [-0.15, -0.1) is 0 Å². The molecule has 0 saturated carbocycles. The number of carbonyl (C=O) groups excluding carboxylic acids is 2. The van der Waals surface area contributed by atoms with Crippen molar-refractivity contribution in [1.29, 1.82) is 0 Å². The van der Waals surface area contributed by atoms with Gasteiger partial charge in [-0.1, -0.05) is 56.1 Å². The number of benzene rings is 2. The predicted octanol–water partition coefficient (Wildman–Crippen LogP) is 6.25. The van der Waals surface area contributed by atoms with E-state index in [1.165, 1.54) is 6.07 Å². The van der Waals surface area contributed by atoms with Crippen molar-refractivity contribution in [3.05, 3.63) is 75.1 Å². The number of hydrogen-bond acceptors (Lipinski definition) is 4. The Morgan fingerprint density at radius 3 is 2.26 bits per heavy atom. The Labute approximate surface area is 238 Å². The summed E-state index contributed by atoms with van der Waals surface area (Å²) < 4.78 is 16.6. The van der Waals surface area contributed by atoms with E-state index in [-0.39, 0.29) is 17.0 Å². The molecule has 39 heavy (non-hydrogen) atoms. The standard InChI is InChI=1S/C28H33Cl2FN6O2/c1-5-37-24(16-23(34-37)28(2,3)4)33-27(39)32-22-10-9-18(15-21(22)31)17-35-11-13-36(14-12-35)26(38)25-19(29)7-6-8-20(25)30/h6-10,15-16H,5,11-14,17H2,1-4H3,(H2,32,33,39). The normalized spacial score (nSPS) is 14.4. The van der Waals surface area contributed by atoms with Gasteiger partial charge in [-0.25, -0.2) is 13.9 Å². The van der Waals surface area contributed by atoms with E-state index in [9.17, 15) is 14.0 Å². The lowest BCUT2D eigenvalue weighted by Crippen LogP contribution is -2.48. The highest BCUT2D eigenvalue weighted by Gasteiger charge is 2.26. The van der Waals surface area contributed by atoms with Crippen molar-refractivity contribution in [3.8, 4) is 0 Å². The van der Waals surface area contributed by atoms with Crippen LogP contribution in [0.5, 0.6) is 0 Å². The summed E-state index contributed by atoms with van der Waals surface area (Å²) in [4.78, 5) is 29.4. The van der Waals surface area contributed by atoms with Crippen LogP contribution in [0.2, 0.25) is 10.0 Å². The summed E-state index contributed by atoms with van der Waals surface area (Å²) in [5.41, 5.74) is 1.86. The van der Waals surface area contributed by atoms with Gasteiger partial charge in [-0.2, -0.15) is 5.10 Å². The van der Waals surface area contributed by atoms with Crippen LogP contribution in [0.25, 0.3) is 0 Å². The number of hydrogen-bond donors (Lipinski definition) is 2. The number of nitrogens with one attached hydrogen (secondary N) is 2. The van der Waals surface area contributed by atoms with Gasteiger partial charge in [0.05, 0.1) is 27.0 Å². The third-order valence-corrected chi connectivity index (χ3v) is 7.24. The van der Waals surface area contributed by atoms with E-state index in [0.717, 1.165) is 11.3 Å². The van der Waals surface area contributed by atoms with Crippen LogP contribution in [-0.4, -0.2) is 57.7 Å². The SMILES string of the molecule is CCn1nc(C(C)(C)C)cc1NC(=O)Nc1ccc(CN2CCN(C(=O)c3c(Cl)cccc3Cl)CC2)cc1F. The Morgan fingerprint density at radius 1 is 1.00 bits per heavy atom. The first kappa shape index (κ1) is 28.9. The molecule has 0 aliphatic carbocycles. The van der Waals surface area contributed by atoms with Crippen molar-refractivity contribution in [2.45, 2.75) is 46.2 Å². The molecule has 11 heteroatoms. The van der Waals surface area contributed by atoms with Crippen molar-refractivity contribution in [3.63, 3.8) is 0 Å². The first-order valence-corrected chi connectivity index (χ1v) is 13.6. The first-order valence-electron chi connectivity index (χ1n) is 12.9. The minimum Gasteiger partial charge on any atom is -0.336 e. The second-order valence-electron chi connectivity index (χ2n) is 10.5. The second kappa shape index (κ2) is 11.9. The number of rotatable bonds is 6. The maximum Gasteiger partial charge on any atom is 0.324 e. The molecule has 4 rings (SSSR count). The van der Waals surface area contributed by atoms with Crippen LogP contribution in [0.4, 0.5) is 20.7 Å². The number of aryl methyl sites for hydroxylation is 1. The number of urea groups is 1. The minimum atomic E-state index is -0.545. The topological polar surface area (TPSA) is 82.5 Å². The fraction of sp³-hybridized carbons (Fsp3) is 0.393. The molecule has 8 nitrogen and oxygen atoms in total. The maximum absolute atomic E-state index is 14.9. The van der Waals surface area contributed by atoms with Crippen molar-refractivity contribution in [2.75, 3.05) is 36.8 Å². The van der Waals surface area contributed by atoms with E-state index >= 15 is 0 Å². The number of amides is 3. The quantitative estimate of drug-likeness (QED) is 0.364. The molecule has 2 heterocycles. The van der Waals surface area contributed by atoms with Crippen LogP contribution in [0.15, 0.2) is 42.5 Å². The van der Waals surface area contributed by atoms with Gasteiger partial charge >= 0.3 is 6.03 Å². The fourth-order valence-corrected chi connectivity index (χ4v) is 4.94. The first-order chi connectivity index (χ1) is 18.5.